The van der Waals surface area contributed by atoms with Crippen LogP contribution in [0.3, 0.4) is 0 Å². The summed E-state index contributed by atoms with van der Waals surface area (Å²) in [6.07, 6.45) is 1.28. The quantitative estimate of drug-likeness (QED) is 0.907. The van der Waals surface area contributed by atoms with Gasteiger partial charge in [0.25, 0.3) is 5.91 Å². The number of likely N-dealkylation sites (tertiary alicyclic amines) is 1. The largest absolute Gasteiger partial charge is 0.444 e. The fourth-order valence-electron chi connectivity index (χ4n) is 2.15. The Morgan fingerprint density at radius 3 is 2.70 bits per heavy atom. The Bertz CT molecular complexity index is 541. The Labute approximate surface area is 124 Å². The molecule has 1 fully saturated rings. The molecule has 1 aromatic rings. The SMILES string of the molecule is N#CCC(=O)N1CCC(NC(=O)c2ccc(Br)o2)CC1. The van der Waals surface area contributed by atoms with Crippen molar-refractivity contribution in [2.75, 3.05) is 13.1 Å². The van der Waals surface area contributed by atoms with Crippen LogP contribution < -0.4 is 5.32 Å². The molecule has 20 heavy (non-hydrogen) atoms. The van der Waals surface area contributed by atoms with Crippen molar-refractivity contribution in [3.8, 4) is 6.07 Å². The molecular weight excluding hydrogens is 326 g/mol. The van der Waals surface area contributed by atoms with Crippen molar-refractivity contribution in [3.63, 3.8) is 0 Å². The maximum Gasteiger partial charge on any atom is 0.287 e. The smallest absolute Gasteiger partial charge is 0.287 e. The molecule has 1 saturated heterocycles. The van der Waals surface area contributed by atoms with Gasteiger partial charge in [-0.3, -0.25) is 9.59 Å². The summed E-state index contributed by atoms with van der Waals surface area (Å²) in [5, 5.41) is 11.4. The van der Waals surface area contributed by atoms with E-state index in [4.69, 9.17) is 9.68 Å². The van der Waals surface area contributed by atoms with Crippen LogP contribution >= 0.6 is 15.9 Å². The molecule has 0 spiro atoms. The molecular formula is C13H14BrN3O3. The summed E-state index contributed by atoms with van der Waals surface area (Å²) < 4.78 is 5.70. The van der Waals surface area contributed by atoms with Crippen LogP contribution in [0.4, 0.5) is 0 Å². The van der Waals surface area contributed by atoms with Gasteiger partial charge < -0.3 is 14.6 Å². The number of furan rings is 1. The van der Waals surface area contributed by atoms with E-state index in [1.165, 1.54) is 0 Å². The van der Waals surface area contributed by atoms with Crippen LogP contribution in [0.2, 0.25) is 0 Å². The van der Waals surface area contributed by atoms with Crippen LogP contribution in [0.25, 0.3) is 0 Å². The van der Waals surface area contributed by atoms with Gasteiger partial charge in [-0.2, -0.15) is 5.26 Å². The van der Waals surface area contributed by atoms with Gasteiger partial charge in [0.05, 0.1) is 6.07 Å². The van der Waals surface area contributed by atoms with Gasteiger partial charge >= 0.3 is 0 Å². The number of carbonyl (C=O) groups excluding carboxylic acids is 2. The van der Waals surface area contributed by atoms with Crippen molar-refractivity contribution >= 4 is 27.7 Å². The van der Waals surface area contributed by atoms with E-state index in [-0.39, 0.29) is 30.0 Å². The molecule has 2 heterocycles. The standard InChI is InChI=1S/C13H14BrN3O3/c14-11-2-1-10(20-11)13(19)16-9-4-7-17(8-5-9)12(18)3-6-15/h1-2,9H,3-5,7-8H2,(H,16,19). The van der Waals surface area contributed by atoms with Crippen LogP contribution in [-0.2, 0) is 4.79 Å². The van der Waals surface area contributed by atoms with E-state index >= 15 is 0 Å². The van der Waals surface area contributed by atoms with E-state index in [0.717, 1.165) is 0 Å². The second kappa shape index (κ2) is 6.57. The van der Waals surface area contributed by atoms with Gasteiger partial charge in [-0.25, -0.2) is 0 Å². The van der Waals surface area contributed by atoms with Gasteiger partial charge in [0.1, 0.15) is 6.42 Å². The Hall–Kier alpha value is -1.81. The first-order valence-electron chi connectivity index (χ1n) is 6.31. The Morgan fingerprint density at radius 1 is 1.45 bits per heavy atom. The molecule has 0 atom stereocenters. The van der Waals surface area contributed by atoms with E-state index in [2.05, 4.69) is 21.2 Å². The highest BCUT2D eigenvalue weighted by Gasteiger charge is 2.24. The molecule has 106 valence electrons. The molecule has 1 aromatic heterocycles. The Morgan fingerprint density at radius 2 is 2.15 bits per heavy atom. The molecule has 0 bridgehead atoms. The molecule has 0 saturated carbocycles. The van der Waals surface area contributed by atoms with E-state index in [0.29, 0.717) is 30.6 Å². The minimum Gasteiger partial charge on any atom is -0.444 e. The first kappa shape index (κ1) is 14.6. The third-order valence-corrected chi connectivity index (χ3v) is 3.64. The van der Waals surface area contributed by atoms with E-state index in [1.807, 2.05) is 6.07 Å². The molecule has 0 unspecified atom stereocenters. The average molecular weight is 340 g/mol. The molecule has 1 aliphatic rings. The molecule has 6 nitrogen and oxygen atoms in total. The van der Waals surface area contributed by atoms with E-state index < -0.39 is 0 Å². The van der Waals surface area contributed by atoms with Crippen LogP contribution in [0, 0.1) is 11.3 Å². The lowest BCUT2D eigenvalue weighted by Gasteiger charge is -2.31. The predicted octanol–water partition coefficient (Wildman–Crippen LogP) is 1.68. The number of amides is 2. The lowest BCUT2D eigenvalue weighted by atomic mass is 10.0. The topological polar surface area (TPSA) is 86.3 Å². The molecule has 0 aliphatic carbocycles. The van der Waals surface area contributed by atoms with Crippen molar-refractivity contribution in [3.05, 3.63) is 22.6 Å². The van der Waals surface area contributed by atoms with Gasteiger partial charge in [0.2, 0.25) is 5.91 Å². The summed E-state index contributed by atoms with van der Waals surface area (Å²) >= 11 is 3.15. The van der Waals surface area contributed by atoms with Gasteiger partial charge in [-0.05, 0) is 40.9 Å². The van der Waals surface area contributed by atoms with Gasteiger partial charge in [0, 0.05) is 19.1 Å². The lowest BCUT2D eigenvalue weighted by molar-refractivity contribution is -0.131. The zero-order valence-electron chi connectivity index (χ0n) is 10.8. The number of rotatable bonds is 3. The normalized spacial score (nSPS) is 15.7. The fourth-order valence-corrected chi connectivity index (χ4v) is 2.45. The summed E-state index contributed by atoms with van der Waals surface area (Å²) in [6.45, 7) is 1.13. The monoisotopic (exact) mass is 339 g/mol. The number of carbonyl (C=O) groups is 2. The Kier molecular flexibility index (Phi) is 4.79. The zero-order valence-corrected chi connectivity index (χ0v) is 12.4. The summed E-state index contributed by atoms with van der Waals surface area (Å²) in [5.41, 5.74) is 0. The number of nitrogens with one attached hydrogen (secondary N) is 1. The van der Waals surface area contributed by atoms with Crippen molar-refractivity contribution in [2.45, 2.75) is 25.3 Å². The molecule has 2 rings (SSSR count). The molecule has 2 amide bonds. The van der Waals surface area contributed by atoms with Crippen molar-refractivity contribution in [1.82, 2.24) is 10.2 Å². The zero-order chi connectivity index (χ0) is 14.5. The summed E-state index contributed by atoms with van der Waals surface area (Å²) in [7, 11) is 0. The maximum atomic E-state index is 11.9. The number of halogens is 1. The second-order valence-corrected chi connectivity index (χ2v) is 5.35. The highest BCUT2D eigenvalue weighted by molar-refractivity contribution is 9.10. The number of nitrogens with zero attached hydrogens (tertiary/aromatic N) is 2. The van der Waals surface area contributed by atoms with Crippen molar-refractivity contribution in [1.29, 1.82) is 5.26 Å². The minimum atomic E-state index is -0.252. The van der Waals surface area contributed by atoms with Gasteiger partial charge in [-0.1, -0.05) is 0 Å². The third kappa shape index (κ3) is 3.61. The molecule has 7 heteroatoms. The van der Waals surface area contributed by atoms with Gasteiger partial charge in [0.15, 0.2) is 10.4 Å². The second-order valence-electron chi connectivity index (χ2n) is 4.57. The van der Waals surface area contributed by atoms with E-state index in [1.54, 1.807) is 17.0 Å². The van der Waals surface area contributed by atoms with Crippen molar-refractivity contribution < 1.29 is 14.0 Å². The minimum absolute atomic E-state index is 0.0255. The Balaban J connectivity index is 1.81. The number of nitriles is 1. The lowest BCUT2D eigenvalue weighted by Crippen LogP contribution is -2.46. The van der Waals surface area contributed by atoms with Gasteiger partial charge in [-0.15, -0.1) is 0 Å². The highest BCUT2D eigenvalue weighted by Crippen LogP contribution is 2.16. The molecule has 1 aliphatic heterocycles. The van der Waals surface area contributed by atoms with Crippen LogP contribution in [0.15, 0.2) is 21.2 Å². The maximum absolute atomic E-state index is 11.9. The number of hydrogen-bond donors (Lipinski definition) is 1. The van der Waals surface area contributed by atoms with Crippen LogP contribution in [0.1, 0.15) is 29.8 Å². The number of hydrogen-bond acceptors (Lipinski definition) is 4. The molecule has 1 N–H and O–H groups in total. The summed E-state index contributed by atoms with van der Waals surface area (Å²) in [5.74, 6) is -0.135. The predicted molar refractivity (Wildman–Crippen MR) is 73.7 cm³/mol. The van der Waals surface area contributed by atoms with E-state index in [9.17, 15) is 9.59 Å². The van der Waals surface area contributed by atoms with Crippen LogP contribution in [-0.4, -0.2) is 35.8 Å². The average Bonchev–Trinajstić information content (AvgIpc) is 2.86. The summed E-state index contributed by atoms with van der Waals surface area (Å²) in [4.78, 5) is 25.1. The first-order valence-corrected chi connectivity index (χ1v) is 7.10. The number of piperidine rings is 1. The first-order chi connectivity index (χ1) is 9.60. The van der Waals surface area contributed by atoms with Crippen molar-refractivity contribution in [2.24, 2.45) is 0 Å². The summed E-state index contributed by atoms with van der Waals surface area (Å²) in [6, 6.07) is 5.15. The fraction of sp³-hybridized carbons (Fsp3) is 0.462. The third-order valence-electron chi connectivity index (χ3n) is 3.21. The van der Waals surface area contributed by atoms with Crippen LogP contribution in [0.5, 0.6) is 0 Å². The molecule has 0 aromatic carbocycles. The highest BCUT2D eigenvalue weighted by atomic mass is 79.9. The molecule has 0 radical (unpaired) electrons.